The lowest BCUT2D eigenvalue weighted by atomic mass is 9.93. The van der Waals surface area contributed by atoms with Crippen molar-refractivity contribution < 1.29 is 8.42 Å². The highest BCUT2D eigenvalue weighted by atomic mass is 32.2. The van der Waals surface area contributed by atoms with Crippen LogP contribution in [0.3, 0.4) is 0 Å². The minimum Gasteiger partial charge on any atom is -0.298 e. The van der Waals surface area contributed by atoms with Crippen molar-refractivity contribution >= 4 is 10.0 Å². The maximum Gasteiger partial charge on any atom is 0.211 e. The third-order valence-electron chi connectivity index (χ3n) is 3.92. The molecule has 1 N–H and O–H groups in total. The summed E-state index contributed by atoms with van der Waals surface area (Å²) in [5.74, 6) is 0. The molecule has 2 unspecified atom stereocenters. The van der Waals surface area contributed by atoms with E-state index >= 15 is 0 Å². The van der Waals surface area contributed by atoms with E-state index < -0.39 is 15.6 Å². The molecule has 0 aliphatic carbocycles. The zero-order valence-electron chi connectivity index (χ0n) is 13.8. The van der Waals surface area contributed by atoms with Gasteiger partial charge in [-0.25, -0.2) is 8.42 Å². The second-order valence-electron chi connectivity index (χ2n) is 6.49. The second kappa shape index (κ2) is 7.05. The van der Waals surface area contributed by atoms with Crippen LogP contribution >= 0.6 is 0 Å². The van der Waals surface area contributed by atoms with Crippen molar-refractivity contribution in [2.45, 2.75) is 51.7 Å². The van der Waals surface area contributed by atoms with Crippen LogP contribution in [-0.2, 0) is 10.0 Å². The van der Waals surface area contributed by atoms with E-state index in [2.05, 4.69) is 23.2 Å². The van der Waals surface area contributed by atoms with E-state index in [0.29, 0.717) is 13.1 Å². The van der Waals surface area contributed by atoms with Crippen LogP contribution in [0.15, 0.2) is 0 Å². The second-order valence-corrected chi connectivity index (χ2v) is 8.48. The Bertz CT molecular complexity index is 478. The van der Waals surface area contributed by atoms with Gasteiger partial charge in [-0.15, -0.1) is 0 Å². The highest BCUT2D eigenvalue weighted by Gasteiger charge is 2.31. The van der Waals surface area contributed by atoms with Crippen molar-refractivity contribution in [2.75, 3.05) is 32.4 Å². The van der Waals surface area contributed by atoms with Gasteiger partial charge in [-0.05, 0) is 34.1 Å². The lowest BCUT2D eigenvalue weighted by molar-refractivity contribution is 0.125. The predicted molar refractivity (Wildman–Crippen MR) is 84.4 cm³/mol. The number of nitrogens with one attached hydrogen (secondary N) is 1. The summed E-state index contributed by atoms with van der Waals surface area (Å²) in [5.41, 5.74) is -0.554. The Morgan fingerprint density at radius 1 is 1.24 bits per heavy atom. The molecule has 1 saturated heterocycles. The minimum absolute atomic E-state index is 0.239. The zero-order chi connectivity index (χ0) is 16.3. The Morgan fingerprint density at radius 3 is 2.14 bits per heavy atom. The standard InChI is InChI=1S/C14H28N4O2S/c1-12(2)16-14(4,11-15)10-13(3)17-6-8-18(9-7-17)21(5,19)20/h12-13,16H,6-10H2,1-5H3. The van der Waals surface area contributed by atoms with E-state index in [1.54, 1.807) is 0 Å². The maximum absolute atomic E-state index is 11.5. The summed E-state index contributed by atoms with van der Waals surface area (Å²) < 4.78 is 24.5. The minimum atomic E-state index is -3.09. The van der Waals surface area contributed by atoms with Gasteiger partial charge in [-0.2, -0.15) is 9.57 Å². The van der Waals surface area contributed by atoms with E-state index in [1.165, 1.54) is 10.6 Å². The van der Waals surface area contributed by atoms with E-state index in [0.717, 1.165) is 19.5 Å². The maximum atomic E-state index is 11.5. The number of hydrogen-bond donors (Lipinski definition) is 1. The molecule has 0 aromatic rings. The summed E-state index contributed by atoms with van der Waals surface area (Å²) in [5, 5.41) is 12.7. The summed E-state index contributed by atoms with van der Waals surface area (Å²) in [6.45, 7) is 10.6. The van der Waals surface area contributed by atoms with Gasteiger partial charge in [0.25, 0.3) is 0 Å². The fourth-order valence-corrected chi connectivity index (χ4v) is 3.80. The first-order chi connectivity index (χ1) is 9.57. The lowest BCUT2D eigenvalue weighted by Crippen LogP contribution is -2.54. The highest BCUT2D eigenvalue weighted by Crippen LogP contribution is 2.18. The molecule has 0 aromatic heterocycles. The van der Waals surface area contributed by atoms with Gasteiger partial charge in [0.1, 0.15) is 5.54 Å². The SMILES string of the molecule is CC(C)NC(C)(C#N)CC(C)N1CCN(S(C)(=O)=O)CC1. The molecule has 0 saturated carbocycles. The summed E-state index contributed by atoms with van der Waals surface area (Å²) in [7, 11) is -3.09. The molecule has 2 atom stereocenters. The molecular formula is C14H28N4O2S. The summed E-state index contributed by atoms with van der Waals surface area (Å²) in [6.07, 6.45) is 1.98. The van der Waals surface area contributed by atoms with Crippen molar-refractivity contribution in [3.05, 3.63) is 0 Å². The first-order valence-corrected chi connectivity index (χ1v) is 9.30. The number of nitriles is 1. The highest BCUT2D eigenvalue weighted by molar-refractivity contribution is 7.88. The molecule has 1 heterocycles. The van der Waals surface area contributed by atoms with Gasteiger partial charge in [0, 0.05) is 38.3 Å². The molecular weight excluding hydrogens is 288 g/mol. The van der Waals surface area contributed by atoms with Crippen LogP contribution in [0.5, 0.6) is 0 Å². The molecule has 122 valence electrons. The number of rotatable bonds is 6. The number of hydrogen-bond acceptors (Lipinski definition) is 5. The number of sulfonamides is 1. The molecule has 0 radical (unpaired) electrons. The first kappa shape index (κ1) is 18.4. The van der Waals surface area contributed by atoms with Gasteiger partial charge in [0.2, 0.25) is 10.0 Å². The van der Waals surface area contributed by atoms with Gasteiger partial charge < -0.3 is 0 Å². The van der Waals surface area contributed by atoms with Crippen molar-refractivity contribution in [2.24, 2.45) is 0 Å². The lowest BCUT2D eigenvalue weighted by Gasteiger charge is -2.39. The van der Waals surface area contributed by atoms with Crippen molar-refractivity contribution in [1.82, 2.24) is 14.5 Å². The Labute approximate surface area is 129 Å². The van der Waals surface area contributed by atoms with Crippen molar-refractivity contribution in [1.29, 1.82) is 5.26 Å². The Kier molecular flexibility index (Phi) is 6.17. The summed E-state index contributed by atoms with van der Waals surface area (Å²) >= 11 is 0. The molecule has 0 aromatic carbocycles. The zero-order valence-corrected chi connectivity index (χ0v) is 14.6. The van der Waals surface area contributed by atoms with Gasteiger partial charge in [-0.3, -0.25) is 10.2 Å². The van der Waals surface area contributed by atoms with Gasteiger partial charge in [0.05, 0.1) is 12.3 Å². The Hall–Kier alpha value is -0.680. The van der Waals surface area contributed by atoms with Crippen LogP contribution in [0.2, 0.25) is 0 Å². The number of nitrogens with zero attached hydrogens (tertiary/aromatic N) is 3. The molecule has 1 aliphatic rings. The fourth-order valence-electron chi connectivity index (χ4n) is 2.97. The van der Waals surface area contributed by atoms with Gasteiger partial charge in [0.15, 0.2) is 0 Å². The Balaban J connectivity index is 2.58. The molecule has 21 heavy (non-hydrogen) atoms. The predicted octanol–water partition coefficient (Wildman–Crippen LogP) is 0.622. The van der Waals surface area contributed by atoms with Crippen LogP contribution in [0.1, 0.15) is 34.1 Å². The fraction of sp³-hybridized carbons (Fsp3) is 0.929. The normalized spacial score (nSPS) is 22.7. The van der Waals surface area contributed by atoms with Crippen LogP contribution < -0.4 is 5.32 Å². The van der Waals surface area contributed by atoms with E-state index in [4.69, 9.17) is 0 Å². The monoisotopic (exact) mass is 316 g/mol. The third kappa shape index (κ3) is 5.55. The molecule has 0 bridgehead atoms. The van der Waals surface area contributed by atoms with Gasteiger partial charge in [-0.1, -0.05) is 0 Å². The quantitative estimate of drug-likeness (QED) is 0.777. The average molecular weight is 316 g/mol. The topological polar surface area (TPSA) is 76.4 Å². The number of piperazine rings is 1. The smallest absolute Gasteiger partial charge is 0.211 e. The molecule has 0 amide bonds. The summed E-state index contributed by atoms with van der Waals surface area (Å²) in [4.78, 5) is 2.26. The molecule has 7 heteroatoms. The van der Waals surface area contributed by atoms with Crippen LogP contribution in [-0.4, -0.2) is 67.7 Å². The molecule has 0 spiro atoms. The van der Waals surface area contributed by atoms with Crippen LogP contribution in [0.25, 0.3) is 0 Å². The molecule has 1 fully saturated rings. The van der Waals surface area contributed by atoms with E-state index in [-0.39, 0.29) is 12.1 Å². The van der Waals surface area contributed by atoms with Crippen LogP contribution in [0, 0.1) is 11.3 Å². The summed E-state index contributed by atoms with van der Waals surface area (Å²) in [6, 6.07) is 2.86. The Morgan fingerprint density at radius 2 is 1.76 bits per heavy atom. The third-order valence-corrected chi connectivity index (χ3v) is 5.23. The van der Waals surface area contributed by atoms with Crippen LogP contribution in [0.4, 0.5) is 0 Å². The van der Waals surface area contributed by atoms with E-state index in [1.807, 2.05) is 20.8 Å². The first-order valence-electron chi connectivity index (χ1n) is 7.45. The molecule has 1 rings (SSSR count). The average Bonchev–Trinajstić information content (AvgIpc) is 2.36. The van der Waals surface area contributed by atoms with Crippen molar-refractivity contribution in [3.8, 4) is 6.07 Å². The van der Waals surface area contributed by atoms with E-state index in [9.17, 15) is 13.7 Å². The van der Waals surface area contributed by atoms with Gasteiger partial charge >= 0.3 is 0 Å². The van der Waals surface area contributed by atoms with Crippen molar-refractivity contribution in [3.63, 3.8) is 0 Å². The largest absolute Gasteiger partial charge is 0.298 e. The molecule has 1 aliphatic heterocycles. The molecule has 6 nitrogen and oxygen atoms in total.